The fourth-order valence-corrected chi connectivity index (χ4v) is 5.19. The molecule has 32 heavy (non-hydrogen) atoms. The van der Waals surface area contributed by atoms with Crippen LogP contribution in [0.25, 0.3) is 5.57 Å². The molecule has 3 rings (SSSR count). The van der Waals surface area contributed by atoms with Crippen LogP contribution in [-0.4, -0.2) is 62.5 Å². The summed E-state index contributed by atoms with van der Waals surface area (Å²) in [7, 11) is 0. The molecular weight excluding hydrogens is 456 g/mol. The van der Waals surface area contributed by atoms with Gasteiger partial charge >= 0.3 is 11.9 Å². The van der Waals surface area contributed by atoms with Crippen molar-refractivity contribution < 1.29 is 29.0 Å². The van der Waals surface area contributed by atoms with E-state index in [2.05, 4.69) is 10.3 Å². The van der Waals surface area contributed by atoms with Crippen molar-refractivity contribution in [1.82, 2.24) is 15.2 Å². The van der Waals surface area contributed by atoms with Crippen molar-refractivity contribution in [2.45, 2.75) is 39.1 Å². The molecule has 1 unspecified atom stereocenters. The molecule has 172 valence electrons. The Bertz CT molecular complexity index is 1040. The van der Waals surface area contributed by atoms with E-state index in [9.17, 15) is 24.3 Å². The van der Waals surface area contributed by atoms with Gasteiger partial charge in [-0.2, -0.15) is 0 Å². The number of nitrogens with one attached hydrogen (secondary N) is 1. The number of amides is 2. The first-order valence-corrected chi connectivity index (χ1v) is 11.6. The summed E-state index contributed by atoms with van der Waals surface area (Å²) in [6.07, 6.45) is 1.76. The number of aliphatic carboxylic acids is 1. The van der Waals surface area contributed by atoms with E-state index in [4.69, 9.17) is 10.5 Å². The van der Waals surface area contributed by atoms with Crippen LogP contribution >= 0.6 is 23.1 Å². The number of thiazole rings is 1. The lowest BCUT2D eigenvalue weighted by molar-refractivity contribution is -0.150. The van der Waals surface area contributed by atoms with Crippen molar-refractivity contribution >= 4 is 57.6 Å². The number of thioether (sulfide) groups is 1. The van der Waals surface area contributed by atoms with Gasteiger partial charge in [0.05, 0.1) is 11.3 Å². The third-order valence-corrected chi connectivity index (χ3v) is 6.62. The summed E-state index contributed by atoms with van der Waals surface area (Å²) in [5, 5.41) is 13.8. The van der Waals surface area contributed by atoms with Crippen LogP contribution in [0.2, 0.25) is 0 Å². The van der Waals surface area contributed by atoms with Gasteiger partial charge in [0.1, 0.15) is 23.7 Å². The standard InChI is InChI=1S/C20H24N4O6S2/c1-9(25)30-6-10-7-31-17-13(16(27)24(17)14(10)18(28)29)23-15(26)11(5-20(2,3)4)12-8-32-19(21)22-12/h5,8,13,17H,6-7H2,1-4H3,(H2,21,22)(H,23,26)(H,28,29)/t13?,17-/m1/s1. The van der Waals surface area contributed by atoms with Gasteiger partial charge in [-0.05, 0) is 5.41 Å². The number of anilines is 1. The molecule has 2 atom stereocenters. The minimum Gasteiger partial charge on any atom is -0.477 e. The Morgan fingerprint density at radius 1 is 1.41 bits per heavy atom. The zero-order valence-corrected chi connectivity index (χ0v) is 19.6. The van der Waals surface area contributed by atoms with Gasteiger partial charge < -0.3 is 20.9 Å². The molecule has 0 aliphatic carbocycles. The maximum Gasteiger partial charge on any atom is 0.352 e. The number of aromatic nitrogens is 1. The van der Waals surface area contributed by atoms with Gasteiger partial charge in [-0.25, -0.2) is 9.78 Å². The number of hydrogen-bond donors (Lipinski definition) is 3. The first-order valence-electron chi connectivity index (χ1n) is 9.67. The lowest BCUT2D eigenvalue weighted by atomic mass is 9.92. The van der Waals surface area contributed by atoms with E-state index in [1.54, 1.807) is 11.5 Å². The van der Waals surface area contributed by atoms with Crippen molar-refractivity contribution in [3.8, 4) is 0 Å². The molecule has 12 heteroatoms. The van der Waals surface area contributed by atoms with Crippen LogP contribution in [0.15, 0.2) is 22.7 Å². The minimum atomic E-state index is -1.29. The number of nitrogen functional groups attached to an aromatic ring is 1. The summed E-state index contributed by atoms with van der Waals surface area (Å²) in [6, 6.07) is -0.892. The molecule has 0 spiro atoms. The van der Waals surface area contributed by atoms with Gasteiger partial charge in [0.2, 0.25) is 0 Å². The highest BCUT2D eigenvalue weighted by Crippen LogP contribution is 2.40. The number of allylic oxidation sites excluding steroid dienone is 1. The highest BCUT2D eigenvalue weighted by atomic mass is 32.2. The van der Waals surface area contributed by atoms with E-state index in [0.717, 1.165) is 4.90 Å². The second-order valence-electron chi connectivity index (χ2n) is 8.39. The fourth-order valence-electron chi connectivity index (χ4n) is 3.30. The average Bonchev–Trinajstić information content (AvgIpc) is 3.12. The monoisotopic (exact) mass is 480 g/mol. The molecule has 3 heterocycles. The Balaban J connectivity index is 1.82. The number of carbonyl (C=O) groups is 4. The number of nitrogens with two attached hydrogens (primary N) is 1. The molecule has 0 radical (unpaired) electrons. The maximum atomic E-state index is 13.1. The van der Waals surface area contributed by atoms with E-state index in [-0.39, 0.29) is 23.5 Å². The quantitative estimate of drug-likeness (QED) is 0.312. The Labute approximate surface area is 192 Å². The molecule has 0 saturated carbocycles. The molecule has 2 aliphatic heterocycles. The normalized spacial score (nSPS) is 21.1. The van der Waals surface area contributed by atoms with E-state index in [1.165, 1.54) is 30.0 Å². The van der Waals surface area contributed by atoms with Crippen LogP contribution in [-0.2, 0) is 23.9 Å². The molecule has 1 fully saturated rings. The van der Waals surface area contributed by atoms with Gasteiger partial charge in [-0.1, -0.05) is 26.8 Å². The summed E-state index contributed by atoms with van der Waals surface area (Å²) >= 11 is 2.50. The SMILES string of the molecule is CC(=O)OCC1=C(C(=O)O)N2C(=O)C(NC(=O)C(=CC(C)(C)C)c3csc(N)n3)[C@H]2SC1. The Kier molecular flexibility index (Phi) is 6.65. The number of hydrogen-bond acceptors (Lipinski definition) is 9. The lowest BCUT2D eigenvalue weighted by Crippen LogP contribution is -2.70. The second kappa shape index (κ2) is 8.94. The molecule has 4 N–H and O–H groups in total. The van der Waals surface area contributed by atoms with Crippen LogP contribution in [0.4, 0.5) is 5.13 Å². The molecule has 1 saturated heterocycles. The number of carboxylic acids is 1. The molecule has 10 nitrogen and oxygen atoms in total. The van der Waals surface area contributed by atoms with Crippen molar-refractivity contribution in [2.75, 3.05) is 18.1 Å². The molecular formula is C20H24N4O6S2. The van der Waals surface area contributed by atoms with Gasteiger partial charge in [-0.3, -0.25) is 19.3 Å². The van der Waals surface area contributed by atoms with Gasteiger partial charge in [0.15, 0.2) is 5.13 Å². The number of β-lactam (4-membered cyclic amide) rings is 1. The van der Waals surface area contributed by atoms with E-state index in [0.29, 0.717) is 22.0 Å². The zero-order chi connectivity index (χ0) is 23.8. The summed E-state index contributed by atoms with van der Waals surface area (Å²) in [6.45, 7) is 6.80. The van der Waals surface area contributed by atoms with Crippen molar-refractivity contribution in [3.63, 3.8) is 0 Å². The molecule has 2 aliphatic rings. The summed E-state index contributed by atoms with van der Waals surface area (Å²) in [5.74, 6) is -2.61. The first kappa shape index (κ1) is 23.8. The first-order chi connectivity index (χ1) is 14.9. The summed E-state index contributed by atoms with van der Waals surface area (Å²) in [5.41, 5.74) is 6.21. The fraction of sp³-hybridized carbons (Fsp3) is 0.450. The number of carboxylic acid groups (broad SMARTS) is 1. The number of carbonyl (C=O) groups excluding carboxylic acids is 3. The Morgan fingerprint density at radius 2 is 2.09 bits per heavy atom. The average molecular weight is 481 g/mol. The van der Waals surface area contributed by atoms with Crippen LogP contribution in [0, 0.1) is 5.41 Å². The zero-order valence-electron chi connectivity index (χ0n) is 18.0. The molecule has 0 bridgehead atoms. The maximum absolute atomic E-state index is 13.1. The van der Waals surface area contributed by atoms with Crippen LogP contribution in [0.3, 0.4) is 0 Å². The predicted octanol–water partition coefficient (Wildman–Crippen LogP) is 1.46. The third-order valence-electron chi connectivity index (χ3n) is 4.61. The highest BCUT2D eigenvalue weighted by Gasteiger charge is 2.54. The smallest absolute Gasteiger partial charge is 0.352 e. The summed E-state index contributed by atoms with van der Waals surface area (Å²) in [4.78, 5) is 54.1. The topological polar surface area (TPSA) is 152 Å². The summed E-state index contributed by atoms with van der Waals surface area (Å²) < 4.78 is 4.92. The van der Waals surface area contributed by atoms with Crippen molar-refractivity contribution in [3.05, 3.63) is 28.4 Å². The van der Waals surface area contributed by atoms with Crippen molar-refractivity contribution in [2.24, 2.45) is 5.41 Å². The van der Waals surface area contributed by atoms with Crippen LogP contribution in [0.1, 0.15) is 33.4 Å². The highest BCUT2D eigenvalue weighted by molar-refractivity contribution is 8.00. The number of esters is 1. The predicted molar refractivity (Wildman–Crippen MR) is 120 cm³/mol. The van der Waals surface area contributed by atoms with Crippen molar-refractivity contribution in [1.29, 1.82) is 0 Å². The van der Waals surface area contributed by atoms with E-state index < -0.39 is 35.2 Å². The van der Waals surface area contributed by atoms with Gasteiger partial charge in [-0.15, -0.1) is 23.1 Å². The van der Waals surface area contributed by atoms with Crippen LogP contribution < -0.4 is 11.1 Å². The molecule has 1 aromatic rings. The number of rotatable bonds is 6. The molecule has 2 amide bonds. The van der Waals surface area contributed by atoms with E-state index >= 15 is 0 Å². The number of fused-ring (bicyclic) bond motifs is 1. The van der Waals surface area contributed by atoms with Gasteiger partial charge in [0.25, 0.3) is 11.8 Å². The Hall–Kier alpha value is -2.86. The largest absolute Gasteiger partial charge is 0.477 e. The number of ether oxygens (including phenoxy) is 1. The molecule has 0 aromatic carbocycles. The lowest BCUT2D eigenvalue weighted by Gasteiger charge is -2.49. The van der Waals surface area contributed by atoms with Crippen LogP contribution in [0.5, 0.6) is 0 Å². The second-order valence-corrected chi connectivity index (χ2v) is 10.4. The van der Waals surface area contributed by atoms with E-state index in [1.807, 2.05) is 20.8 Å². The minimum absolute atomic E-state index is 0.205. The number of nitrogens with zero attached hydrogens (tertiary/aromatic N) is 2. The Morgan fingerprint density at radius 3 is 2.62 bits per heavy atom. The third kappa shape index (κ3) is 4.96. The van der Waals surface area contributed by atoms with Gasteiger partial charge in [0, 0.05) is 23.6 Å². The molecule has 1 aromatic heterocycles.